The first-order valence-electron chi connectivity index (χ1n) is 7.79. The van der Waals surface area contributed by atoms with Gasteiger partial charge in [-0.1, -0.05) is 17.7 Å². The predicted octanol–water partition coefficient (Wildman–Crippen LogP) is 3.51. The van der Waals surface area contributed by atoms with Gasteiger partial charge in [-0.25, -0.2) is 4.99 Å². The number of nitrogens with zero attached hydrogens (tertiary/aromatic N) is 2. The van der Waals surface area contributed by atoms with Crippen molar-refractivity contribution in [3.8, 4) is 11.5 Å². The van der Waals surface area contributed by atoms with Gasteiger partial charge < -0.3 is 15.2 Å². The van der Waals surface area contributed by atoms with Gasteiger partial charge in [-0.2, -0.15) is 0 Å². The number of rotatable bonds is 4. The van der Waals surface area contributed by atoms with Crippen molar-refractivity contribution in [2.24, 2.45) is 4.99 Å². The maximum Gasteiger partial charge on any atom is 0.274 e. The van der Waals surface area contributed by atoms with Crippen molar-refractivity contribution in [1.82, 2.24) is 5.32 Å². The number of hydrogen-bond acceptors (Lipinski definition) is 7. The van der Waals surface area contributed by atoms with Crippen LogP contribution in [0.2, 0.25) is 0 Å². The number of benzene rings is 2. The van der Waals surface area contributed by atoms with Crippen molar-refractivity contribution in [2.75, 3.05) is 7.11 Å². The summed E-state index contributed by atoms with van der Waals surface area (Å²) in [5.41, 5.74) is 1.63. The van der Waals surface area contributed by atoms with Gasteiger partial charge in [0.25, 0.3) is 11.6 Å². The molecule has 0 radical (unpaired) electrons. The second-order valence-electron chi connectivity index (χ2n) is 5.66. The van der Waals surface area contributed by atoms with E-state index < -0.39 is 10.8 Å². The Kier molecular flexibility index (Phi) is 5.13. The molecule has 0 atom stereocenters. The zero-order valence-electron chi connectivity index (χ0n) is 14.4. The van der Waals surface area contributed by atoms with Crippen molar-refractivity contribution >= 4 is 40.3 Å². The summed E-state index contributed by atoms with van der Waals surface area (Å²) >= 11 is 1.08. The van der Waals surface area contributed by atoms with Gasteiger partial charge in [0.15, 0.2) is 16.7 Å². The van der Waals surface area contributed by atoms with E-state index in [-0.39, 0.29) is 27.7 Å². The highest BCUT2D eigenvalue weighted by Gasteiger charge is 2.25. The van der Waals surface area contributed by atoms with Gasteiger partial charge in [0, 0.05) is 11.6 Å². The van der Waals surface area contributed by atoms with Crippen molar-refractivity contribution in [3.05, 3.63) is 62.5 Å². The summed E-state index contributed by atoms with van der Waals surface area (Å²) in [6.45, 7) is 1.96. The number of carbonyl (C=O) groups is 1. The van der Waals surface area contributed by atoms with Crippen LogP contribution >= 0.6 is 11.8 Å². The number of nitro benzene ring substituents is 1. The van der Waals surface area contributed by atoms with Crippen LogP contribution in [0.4, 0.5) is 11.4 Å². The second-order valence-corrected chi connectivity index (χ2v) is 6.69. The lowest BCUT2D eigenvalue weighted by atomic mass is 10.1. The number of ether oxygens (including phenoxy) is 1. The van der Waals surface area contributed by atoms with Crippen LogP contribution in [-0.2, 0) is 4.79 Å². The Labute approximate surface area is 158 Å². The number of phenolic OH excluding ortho intramolecular Hbond substituents is 1. The molecule has 1 heterocycles. The van der Waals surface area contributed by atoms with Gasteiger partial charge in [0.05, 0.1) is 28.7 Å². The van der Waals surface area contributed by atoms with Gasteiger partial charge in [-0.05, 0) is 36.9 Å². The number of aliphatic imine (C=N–C) groups is 1. The number of nitro groups is 1. The fourth-order valence-corrected chi connectivity index (χ4v) is 3.18. The van der Waals surface area contributed by atoms with E-state index in [1.165, 1.54) is 19.3 Å². The number of methoxy groups -OCH3 is 1. The summed E-state index contributed by atoms with van der Waals surface area (Å²) in [6.07, 6.45) is 1.36. The fourth-order valence-electron chi connectivity index (χ4n) is 2.34. The Morgan fingerprint density at radius 2 is 2.00 bits per heavy atom. The van der Waals surface area contributed by atoms with E-state index in [1.54, 1.807) is 0 Å². The molecule has 3 rings (SSSR count). The standard InChI is InChI=1S/C18H15N3O5S/c1-10-3-5-12(6-4-10)19-18-20-17(23)15(27-18)8-11-7-13(21(24)25)9-14(26-2)16(11)22/h3-9,22H,1-2H3,(H,19,20,23). The molecule has 0 aromatic heterocycles. The van der Waals surface area contributed by atoms with E-state index in [0.717, 1.165) is 23.4 Å². The number of nitrogens with one attached hydrogen (secondary N) is 1. The Hall–Kier alpha value is -3.33. The molecule has 138 valence electrons. The predicted molar refractivity (Wildman–Crippen MR) is 103 cm³/mol. The summed E-state index contributed by atoms with van der Waals surface area (Å²) < 4.78 is 4.96. The van der Waals surface area contributed by atoms with Crippen LogP contribution in [0.15, 0.2) is 46.3 Å². The molecule has 1 saturated heterocycles. The van der Waals surface area contributed by atoms with Gasteiger partial charge in [0.1, 0.15) is 0 Å². The molecule has 1 amide bonds. The molecule has 27 heavy (non-hydrogen) atoms. The SMILES string of the molecule is COc1cc([N+](=O)[O-])cc(C=C2SC(=Nc3ccc(C)cc3)NC2=O)c1O. The van der Waals surface area contributed by atoms with Crippen LogP contribution in [0.3, 0.4) is 0 Å². The lowest BCUT2D eigenvalue weighted by Gasteiger charge is -2.06. The van der Waals surface area contributed by atoms with E-state index >= 15 is 0 Å². The van der Waals surface area contributed by atoms with Gasteiger partial charge in [0.2, 0.25) is 0 Å². The van der Waals surface area contributed by atoms with Gasteiger partial charge >= 0.3 is 0 Å². The molecule has 2 N–H and O–H groups in total. The highest BCUT2D eigenvalue weighted by atomic mass is 32.2. The highest BCUT2D eigenvalue weighted by molar-refractivity contribution is 8.18. The Morgan fingerprint density at radius 3 is 2.63 bits per heavy atom. The smallest absolute Gasteiger partial charge is 0.274 e. The average Bonchev–Trinajstić information content (AvgIpc) is 2.97. The third-order valence-corrected chi connectivity index (χ3v) is 4.63. The van der Waals surface area contributed by atoms with Crippen LogP contribution in [0.25, 0.3) is 6.08 Å². The first-order valence-corrected chi connectivity index (χ1v) is 8.60. The van der Waals surface area contributed by atoms with Crippen molar-refractivity contribution < 1.29 is 19.6 Å². The number of carbonyl (C=O) groups excluding carboxylic acids is 1. The van der Waals surface area contributed by atoms with Crippen molar-refractivity contribution in [3.63, 3.8) is 0 Å². The molecule has 1 aliphatic heterocycles. The minimum atomic E-state index is -0.601. The summed E-state index contributed by atoms with van der Waals surface area (Å²) in [5, 5.41) is 24.3. The molecule has 1 aliphatic rings. The highest BCUT2D eigenvalue weighted by Crippen LogP contribution is 2.37. The van der Waals surface area contributed by atoms with Crippen LogP contribution in [-0.4, -0.2) is 28.2 Å². The number of non-ortho nitro benzene ring substituents is 1. The van der Waals surface area contributed by atoms with E-state index in [9.17, 15) is 20.0 Å². The normalized spacial score (nSPS) is 16.6. The molecule has 0 saturated carbocycles. The third kappa shape index (κ3) is 4.09. The monoisotopic (exact) mass is 385 g/mol. The topological polar surface area (TPSA) is 114 Å². The number of aromatic hydroxyl groups is 1. The number of amides is 1. The van der Waals surface area contributed by atoms with Gasteiger partial charge in [-0.15, -0.1) is 0 Å². The summed E-state index contributed by atoms with van der Waals surface area (Å²) in [4.78, 5) is 27.3. The van der Waals surface area contributed by atoms with Crippen LogP contribution in [0.1, 0.15) is 11.1 Å². The van der Waals surface area contributed by atoms with E-state index in [1.807, 2.05) is 31.2 Å². The maximum absolute atomic E-state index is 12.2. The number of phenols is 1. The van der Waals surface area contributed by atoms with Gasteiger partial charge in [-0.3, -0.25) is 14.9 Å². The second kappa shape index (κ2) is 7.50. The quantitative estimate of drug-likeness (QED) is 0.473. The Morgan fingerprint density at radius 1 is 1.30 bits per heavy atom. The van der Waals surface area contributed by atoms with E-state index in [4.69, 9.17) is 4.74 Å². The maximum atomic E-state index is 12.2. The van der Waals surface area contributed by atoms with E-state index in [2.05, 4.69) is 10.3 Å². The molecule has 2 aromatic carbocycles. The molecule has 0 aliphatic carbocycles. The zero-order chi connectivity index (χ0) is 19.6. The van der Waals surface area contributed by atoms with Crippen molar-refractivity contribution in [1.29, 1.82) is 0 Å². The number of hydrogen-bond donors (Lipinski definition) is 2. The molecule has 9 heteroatoms. The van der Waals surface area contributed by atoms with Crippen LogP contribution in [0, 0.1) is 17.0 Å². The Balaban J connectivity index is 1.94. The largest absolute Gasteiger partial charge is 0.504 e. The third-order valence-electron chi connectivity index (χ3n) is 3.72. The summed E-state index contributed by atoms with van der Waals surface area (Å²) in [7, 11) is 1.29. The van der Waals surface area contributed by atoms with Crippen LogP contribution < -0.4 is 10.1 Å². The lowest BCUT2D eigenvalue weighted by molar-refractivity contribution is -0.385. The number of amidine groups is 1. The molecule has 2 aromatic rings. The lowest BCUT2D eigenvalue weighted by Crippen LogP contribution is -2.19. The van der Waals surface area contributed by atoms with Crippen molar-refractivity contribution in [2.45, 2.75) is 6.92 Å². The first kappa shape index (κ1) is 18.5. The van der Waals surface area contributed by atoms with E-state index in [0.29, 0.717) is 10.9 Å². The molecule has 0 spiro atoms. The molecule has 8 nitrogen and oxygen atoms in total. The molecule has 1 fully saturated rings. The zero-order valence-corrected chi connectivity index (χ0v) is 15.2. The minimum Gasteiger partial charge on any atom is -0.504 e. The molecule has 0 bridgehead atoms. The molecular formula is C18H15N3O5S. The minimum absolute atomic E-state index is 0.0481. The molecular weight excluding hydrogens is 370 g/mol. The average molecular weight is 385 g/mol. The summed E-state index contributed by atoms with van der Waals surface area (Å²) in [5.74, 6) is -0.739. The summed E-state index contributed by atoms with van der Waals surface area (Å²) in [6, 6.07) is 9.76. The number of aryl methyl sites for hydroxylation is 1. The van der Waals surface area contributed by atoms with Crippen LogP contribution in [0.5, 0.6) is 11.5 Å². The fraction of sp³-hybridized carbons (Fsp3) is 0.111. The molecule has 0 unspecified atom stereocenters. The number of thioether (sulfide) groups is 1. The first-order chi connectivity index (χ1) is 12.9. The Bertz CT molecular complexity index is 983.